The van der Waals surface area contributed by atoms with Gasteiger partial charge in [0, 0.05) is 31.1 Å². The number of aromatic hydroxyl groups is 1. The van der Waals surface area contributed by atoms with E-state index in [-0.39, 0.29) is 22.6 Å². The molecule has 10 nitrogen and oxygen atoms in total. The van der Waals surface area contributed by atoms with E-state index in [1.165, 1.54) is 18.2 Å². The first-order valence-corrected chi connectivity index (χ1v) is 14.9. The molecule has 0 radical (unpaired) electrons. The number of carboxylic acid groups (broad SMARTS) is 1. The number of benzene rings is 3. The molecular formula is C27H30N2O8S2. The number of hydrogen-bond acceptors (Lipinski definition) is 8. The number of phenolic OH excluding ortho intramolecular Hbond substituents is 1. The number of carbonyl (C=O) groups excluding carboxylic acids is 1. The Morgan fingerprint density at radius 1 is 0.974 bits per heavy atom. The molecule has 1 fully saturated rings. The molecular weight excluding hydrogens is 544 g/mol. The van der Waals surface area contributed by atoms with E-state index in [1.54, 1.807) is 18.2 Å². The Morgan fingerprint density at radius 3 is 2.28 bits per heavy atom. The van der Waals surface area contributed by atoms with Crippen LogP contribution in [0.3, 0.4) is 0 Å². The number of nitrogens with one attached hydrogen (secondary N) is 1. The highest BCUT2D eigenvalue weighted by Gasteiger charge is 2.18. The highest BCUT2D eigenvalue weighted by Crippen LogP contribution is 2.28. The molecule has 4 N–H and O–H groups in total. The van der Waals surface area contributed by atoms with Crippen molar-refractivity contribution in [3.05, 3.63) is 77.9 Å². The Labute approximate surface area is 231 Å². The summed E-state index contributed by atoms with van der Waals surface area (Å²) in [6, 6.07) is 18.7. The quantitative estimate of drug-likeness (QED) is 0.291. The summed E-state index contributed by atoms with van der Waals surface area (Å²) in [4.78, 5) is 27.1. The van der Waals surface area contributed by atoms with Gasteiger partial charge in [-0.2, -0.15) is 20.2 Å². The zero-order valence-electron chi connectivity index (χ0n) is 21.2. The van der Waals surface area contributed by atoms with Gasteiger partial charge in [0.05, 0.1) is 23.1 Å². The molecule has 208 valence electrons. The summed E-state index contributed by atoms with van der Waals surface area (Å²) in [6.07, 6.45) is 0.715. The molecule has 1 heterocycles. The van der Waals surface area contributed by atoms with Crippen molar-refractivity contribution in [3.8, 4) is 22.6 Å². The van der Waals surface area contributed by atoms with Gasteiger partial charge in [0.2, 0.25) is 0 Å². The third-order valence-electron chi connectivity index (χ3n) is 5.60. The summed E-state index contributed by atoms with van der Waals surface area (Å²) >= 11 is 1.95. The van der Waals surface area contributed by atoms with Gasteiger partial charge in [-0.25, -0.2) is 4.79 Å². The van der Waals surface area contributed by atoms with Crippen LogP contribution in [0.5, 0.6) is 11.5 Å². The largest absolute Gasteiger partial charge is 0.507 e. The molecule has 0 aromatic heterocycles. The van der Waals surface area contributed by atoms with Crippen molar-refractivity contribution >= 4 is 39.4 Å². The first kappa shape index (κ1) is 30.0. The van der Waals surface area contributed by atoms with E-state index in [0.717, 1.165) is 42.3 Å². The topological polar surface area (TPSA) is 153 Å². The number of thioether (sulfide) groups is 1. The average Bonchev–Trinajstić information content (AvgIpc) is 2.89. The molecule has 4 rings (SSSR count). The monoisotopic (exact) mass is 574 g/mol. The van der Waals surface area contributed by atoms with Crippen LogP contribution >= 0.6 is 11.8 Å². The molecule has 1 saturated heterocycles. The fourth-order valence-electron chi connectivity index (χ4n) is 3.74. The lowest BCUT2D eigenvalue weighted by Gasteiger charge is -2.25. The molecule has 0 aliphatic carbocycles. The van der Waals surface area contributed by atoms with Crippen LogP contribution in [0.25, 0.3) is 11.1 Å². The van der Waals surface area contributed by atoms with Crippen LogP contribution in [0, 0.1) is 0 Å². The summed E-state index contributed by atoms with van der Waals surface area (Å²) in [5.74, 6) is 0.705. The lowest BCUT2D eigenvalue weighted by molar-refractivity contribution is 0.0698. The summed E-state index contributed by atoms with van der Waals surface area (Å²) in [5, 5.41) is 22.5. The standard InChI is InChI=1S/C26H26N2O5S.CH4O3S/c29-24-9-7-20(33-13-10-28-11-14-34-15-12-28)17-22(24)25(30)27-23-16-19(6-8-21(23)26(31)32)18-4-2-1-3-5-18;1-5(2,3)4/h1-9,16-17,29H,10-15H2,(H,27,30)(H,31,32);1H3,(H,2,3,4). The second-order valence-corrected chi connectivity index (χ2v) is 11.3. The molecule has 0 unspecified atom stereocenters. The van der Waals surface area contributed by atoms with Crippen molar-refractivity contribution in [3.63, 3.8) is 0 Å². The predicted molar refractivity (Wildman–Crippen MR) is 152 cm³/mol. The van der Waals surface area contributed by atoms with Gasteiger partial charge in [0.25, 0.3) is 16.0 Å². The number of aromatic carboxylic acids is 1. The number of ether oxygens (including phenoxy) is 1. The minimum Gasteiger partial charge on any atom is -0.507 e. The number of anilines is 1. The average molecular weight is 575 g/mol. The van der Waals surface area contributed by atoms with Crippen LogP contribution in [0.2, 0.25) is 0 Å². The zero-order chi connectivity index (χ0) is 28.4. The maximum Gasteiger partial charge on any atom is 0.337 e. The van der Waals surface area contributed by atoms with Crippen molar-refractivity contribution in [1.29, 1.82) is 0 Å². The number of rotatable bonds is 8. The van der Waals surface area contributed by atoms with E-state index in [9.17, 15) is 28.2 Å². The maximum atomic E-state index is 13.0. The molecule has 0 atom stereocenters. The number of phenols is 1. The van der Waals surface area contributed by atoms with E-state index < -0.39 is 22.0 Å². The third-order valence-corrected chi connectivity index (χ3v) is 6.54. The number of carbonyl (C=O) groups is 2. The van der Waals surface area contributed by atoms with Gasteiger partial charge < -0.3 is 20.3 Å². The Bertz CT molecular complexity index is 1380. The predicted octanol–water partition coefficient (Wildman–Crippen LogP) is 3.94. The number of amides is 1. The SMILES string of the molecule is CS(=O)(=O)O.O=C(Nc1cc(-c2ccccc2)ccc1C(=O)O)c1cc(OCCN2CCSCC2)ccc1O. The number of hydrogen-bond donors (Lipinski definition) is 4. The summed E-state index contributed by atoms with van der Waals surface area (Å²) in [7, 11) is -3.67. The van der Waals surface area contributed by atoms with Crippen molar-refractivity contribution in [2.75, 3.05) is 49.3 Å². The lowest BCUT2D eigenvalue weighted by Crippen LogP contribution is -2.35. The Kier molecular flexibility index (Phi) is 10.8. The summed E-state index contributed by atoms with van der Waals surface area (Å²) in [6.45, 7) is 3.33. The van der Waals surface area contributed by atoms with E-state index in [2.05, 4.69) is 10.2 Å². The maximum absolute atomic E-state index is 13.0. The van der Waals surface area contributed by atoms with Crippen LogP contribution < -0.4 is 10.1 Å². The molecule has 1 amide bonds. The molecule has 0 bridgehead atoms. The van der Waals surface area contributed by atoms with E-state index in [1.807, 2.05) is 42.1 Å². The van der Waals surface area contributed by atoms with Crippen molar-refractivity contribution < 1.29 is 37.5 Å². The number of carboxylic acids is 1. The van der Waals surface area contributed by atoms with Crippen LogP contribution in [0.4, 0.5) is 5.69 Å². The van der Waals surface area contributed by atoms with Crippen LogP contribution in [0.1, 0.15) is 20.7 Å². The van der Waals surface area contributed by atoms with Gasteiger partial charge in [-0.15, -0.1) is 0 Å². The van der Waals surface area contributed by atoms with E-state index in [0.29, 0.717) is 18.6 Å². The molecule has 0 saturated carbocycles. The number of nitrogens with zero attached hydrogens (tertiary/aromatic N) is 1. The van der Waals surface area contributed by atoms with Crippen LogP contribution in [0.15, 0.2) is 66.7 Å². The van der Waals surface area contributed by atoms with Gasteiger partial charge in [-0.3, -0.25) is 14.2 Å². The van der Waals surface area contributed by atoms with E-state index in [4.69, 9.17) is 9.29 Å². The second-order valence-electron chi connectivity index (χ2n) is 8.60. The first-order valence-electron chi connectivity index (χ1n) is 11.9. The van der Waals surface area contributed by atoms with Crippen molar-refractivity contribution in [1.82, 2.24) is 4.90 Å². The van der Waals surface area contributed by atoms with Crippen LogP contribution in [-0.4, -0.2) is 84.0 Å². The van der Waals surface area contributed by atoms with Crippen LogP contribution in [-0.2, 0) is 10.1 Å². The lowest BCUT2D eigenvalue weighted by atomic mass is 10.0. The molecule has 0 spiro atoms. The smallest absolute Gasteiger partial charge is 0.337 e. The van der Waals surface area contributed by atoms with E-state index >= 15 is 0 Å². The summed E-state index contributed by atoms with van der Waals surface area (Å²) in [5.41, 5.74) is 1.76. The normalized spacial score (nSPS) is 13.6. The molecule has 3 aromatic carbocycles. The summed E-state index contributed by atoms with van der Waals surface area (Å²) < 4.78 is 31.7. The minimum absolute atomic E-state index is 0.00771. The van der Waals surface area contributed by atoms with Crippen molar-refractivity contribution in [2.24, 2.45) is 0 Å². The molecule has 12 heteroatoms. The molecule has 39 heavy (non-hydrogen) atoms. The highest BCUT2D eigenvalue weighted by molar-refractivity contribution is 7.99. The Balaban J connectivity index is 0.000000771. The third kappa shape index (κ3) is 9.91. The van der Waals surface area contributed by atoms with Gasteiger partial charge in [0.1, 0.15) is 18.1 Å². The molecule has 3 aromatic rings. The fraction of sp³-hybridized carbons (Fsp3) is 0.259. The molecule has 1 aliphatic heterocycles. The first-order chi connectivity index (χ1) is 18.5. The van der Waals surface area contributed by atoms with Gasteiger partial charge >= 0.3 is 5.97 Å². The Hall–Kier alpha value is -3.58. The zero-order valence-corrected chi connectivity index (χ0v) is 22.9. The minimum atomic E-state index is -3.67. The second kappa shape index (κ2) is 14.0. The molecule has 1 aliphatic rings. The Morgan fingerprint density at radius 2 is 1.64 bits per heavy atom. The van der Waals surface area contributed by atoms with Crippen molar-refractivity contribution in [2.45, 2.75) is 0 Å². The van der Waals surface area contributed by atoms with Gasteiger partial charge in [-0.05, 0) is 41.5 Å². The highest BCUT2D eigenvalue weighted by atomic mass is 32.2. The van der Waals surface area contributed by atoms with Gasteiger partial charge in [-0.1, -0.05) is 36.4 Å². The van der Waals surface area contributed by atoms with Gasteiger partial charge in [0.15, 0.2) is 0 Å². The fourth-order valence-corrected chi connectivity index (χ4v) is 4.72.